The zero-order valence-electron chi connectivity index (χ0n) is 11.9. The molecule has 0 saturated carbocycles. The summed E-state index contributed by atoms with van der Waals surface area (Å²) in [6.07, 6.45) is 8.55. The second-order valence-corrected chi connectivity index (χ2v) is 4.99. The van der Waals surface area contributed by atoms with E-state index in [0.29, 0.717) is 0 Å². The Morgan fingerprint density at radius 1 is 1.14 bits per heavy atom. The monoisotopic (exact) mass is 281 g/mol. The highest BCUT2D eigenvalue weighted by Crippen LogP contribution is 2.03. The molecule has 0 amide bonds. The zero-order valence-corrected chi connectivity index (χ0v) is 11.9. The molecule has 0 aliphatic carbocycles. The van der Waals surface area contributed by atoms with Crippen LogP contribution in [-0.4, -0.2) is 26.3 Å². The molecule has 0 atom stereocenters. The van der Waals surface area contributed by atoms with E-state index in [2.05, 4.69) is 50.8 Å². The molecule has 2 heterocycles. The van der Waals surface area contributed by atoms with Gasteiger partial charge in [-0.3, -0.25) is 4.68 Å². The molecule has 0 bridgehead atoms. The molecular weight excluding hydrogens is 262 g/mol. The number of aromatic amines is 1. The van der Waals surface area contributed by atoms with Crippen LogP contribution in [-0.2, 0) is 19.5 Å². The van der Waals surface area contributed by atoms with E-state index < -0.39 is 0 Å². The normalized spacial score (nSPS) is 10.9. The molecule has 3 aromatic rings. The van der Waals surface area contributed by atoms with Gasteiger partial charge in [-0.25, -0.2) is 4.98 Å². The van der Waals surface area contributed by atoms with Crippen molar-refractivity contribution in [1.82, 2.24) is 25.1 Å². The summed E-state index contributed by atoms with van der Waals surface area (Å²) in [5.74, 6) is 1.02. The maximum Gasteiger partial charge on any atom is 0.107 e. The molecule has 0 aliphatic heterocycles. The number of hydrogen-bond donors (Lipinski definition) is 2. The van der Waals surface area contributed by atoms with Gasteiger partial charge in [0, 0.05) is 43.7 Å². The lowest BCUT2D eigenvalue weighted by molar-refractivity contribution is 0.667. The molecule has 0 spiro atoms. The zero-order chi connectivity index (χ0) is 14.3. The van der Waals surface area contributed by atoms with Gasteiger partial charge in [-0.2, -0.15) is 5.10 Å². The molecule has 2 N–H and O–H groups in total. The van der Waals surface area contributed by atoms with Crippen molar-refractivity contribution in [1.29, 1.82) is 0 Å². The molecule has 2 aromatic heterocycles. The van der Waals surface area contributed by atoms with E-state index in [1.54, 1.807) is 6.20 Å². The van der Waals surface area contributed by atoms with Gasteiger partial charge < -0.3 is 10.3 Å². The van der Waals surface area contributed by atoms with Crippen LogP contribution in [0.4, 0.5) is 0 Å². The lowest BCUT2D eigenvalue weighted by Crippen LogP contribution is -2.16. The highest BCUT2D eigenvalue weighted by atomic mass is 15.3. The van der Waals surface area contributed by atoms with Gasteiger partial charge in [0.15, 0.2) is 0 Å². The highest BCUT2D eigenvalue weighted by Gasteiger charge is 2.00. The predicted octanol–water partition coefficient (Wildman–Crippen LogP) is 1.99. The third kappa shape index (κ3) is 4.03. The molecule has 0 fully saturated rings. The van der Waals surface area contributed by atoms with Gasteiger partial charge in [-0.15, -0.1) is 0 Å². The summed E-state index contributed by atoms with van der Waals surface area (Å²) in [7, 11) is 0. The summed E-state index contributed by atoms with van der Waals surface area (Å²) in [6, 6.07) is 10.4. The van der Waals surface area contributed by atoms with Gasteiger partial charge in [0.25, 0.3) is 0 Å². The summed E-state index contributed by atoms with van der Waals surface area (Å²) in [4.78, 5) is 7.30. The molecule has 5 nitrogen and oxygen atoms in total. The molecular formula is C16H19N5. The van der Waals surface area contributed by atoms with E-state index in [1.807, 2.05) is 23.1 Å². The molecule has 5 heteroatoms. The number of nitrogens with one attached hydrogen (secondary N) is 2. The average Bonchev–Trinajstić information content (AvgIpc) is 3.17. The molecule has 108 valence electrons. The lowest BCUT2D eigenvalue weighted by atomic mass is 10.2. The number of imidazole rings is 1. The Kier molecular flexibility index (Phi) is 4.43. The van der Waals surface area contributed by atoms with Crippen molar-refractivity contribution in [2.24, 2.45) is 0 Å². The van der Waals surface area contributed by atoms with Crippen molar-refractivity contribution in [2.45, 2.75) is 19.5 Å². The molecule has 21 heavy (non-hydrogen) atoms. The van der Waals surface area contributed by atoms with Crippen molar-refractivity contribution in [2.75, 3.05) is 6.54 Å². The maximum atomic E-state index is 4.40. The average molecular weight is 281 g/mol. The van der Waals surface area contributed by atoms with Crippen molar-refractivity contribution >= 4 is 0 Å². The first-order valence-electron chi connectivity index (χ1n) is 7.14. The van der Waals surface area contributed by atoms with Gasteiger partial charge in [-0.1, -0.05) is 30.3 Å². The Balaban J connectivity index is 1.44. The van der Waals surface area contributed by atoms with Crippen molar-refractivity contribution in [3.05, 3.63) is 72.1 Å². The van der Waals surface area contributed by atoms with Crippen LogP contribution >= 0.6 is 0 Å². The smallest absolute Gasteiger partial charge is 0.107 e. The molecule has 1 aromatic carbocycles. The Hall–Kier alpha value is -2.40. The van der Waals surface area contributed by atoms with Crippen LogP contribution in [0.3, 0.4) is 0 Å². The first kappa shape index (κ1) is 13.6. The summed E-state index contributed by atoms with van der Waals surface area (Å²) < 4.78 is 1.97. The van der Waals surface area contributed by atoms with Gasteiger partial charge in [0.2, 0.25) is 0 Å². The van der Waals surface area contributed by atoms with E-state index in [-0.39, 0.29) is 0 Å². The maximum absolute atomic E-state index is 4.40. The minimum atomic E-state index is 0.813. The van der Waals surface area contributed by atoms with Gasteiger partial charge in [0.1, 0.15) is 5.82 Å². The van der Waals surface area contributed by atoms with Crippen LogP contribution < -0.4 is 5.32 Å². The van der Waals surface area contributed by atoms with Crippen LogP contribution in [0.5, 0.6) is 0 Å². The first-order chi connectivity index (χ1) is 10.4. The first-order valence-corrected chi connectivity index (χ1v) is 7.14. The Labute approximate surface area is 124 Å². The molecule has 3 rings (SSSR count). The second kappa shape index (κ2) is 6.85. The molecule has 0 radical (unpaired) electrons. The Morgan fingerprint density at radius 3 is 2.86 bits per heavy atom. The lowest BCUT2D eigenvalue weighted by Gasteiger charge is -2.02. The minimum absolute atomic E-state index is 0.813. The molecule has 0 aliphatic rings. The SMILES string of the molecule is c1ccc(Cn2cc(CNCCc3ncc[nH]3)cn2)cc1. The standard InChI is InChI=1S/C16H19N5/c1-2-4-14(5-3-1)12-21-13-15(11-20-21)10-17-7-6-16-18-8-9-19-16/h1-5,8-9,11,13,17H,6-7,10,12H2,(H,18,19). The number of aromatic nitrogens is 4. The summed E-state index contributed by atoms with van der Waals surface area (Å²) >= 11 is 0. The third-order valence-corrected chi connectivity index (χ3v) is 3.30. The van der Waals surface area contributed by atoms with Gasteiger partial charge in [0.05, 0.1) is 12.7 Å². The van der Waals surface area contributed by atoms with E-state index in [4.69, 9.17) is 0 Å². The molecule has 0 unspecified atom stereocenters. The van der Waals surface area contributed by atoms with Gasteiger partial charge in [-0.05, 0) is 5.56 Å². The van der Waals surface area contributed by atoms with E-state index in [1.165, 1.54) is 11.1 Å². The van der Waals surface area contributed by atoms with Crippen LogP contribution in [0.2, 0.25) is 0 Å². The Morgan fingerprint density at radius 2 is 2.05 bits per heavy atom. The van der Waals surface area contributed by atoms with Crippen LogP contribution in [0.15, 0.2) is 55.1 Å². The predicted molar refractivity (Wildman–Crippen MR) is 81.8 cm³/mol. The van der Waals surface area contributed by atoms with Crippen LogP contribution in [0.25, 0.3) is 0 Å². The number of nitrogens with zero attached hydrogens (tertiary/aromatic N) is 3. The summed E-state index contributed by atoms with van der Waals surface area (Å²) in [5, 5.41) is 7.80. The van der Waals surface area contributed by atoms with E-state index >= 15 is 0 Å². The number of H-pyrrole nitrogens is 1. The highest BCUT2D eigenvalue weighted by molar-refractivity contribution is 5.15. The van der Waals surface area contributed by atoms with Crippen LogP contribution in [0, 0.1) is 0 Å². The fourth-order valence-electron chi connectivity index (χ4n) is 2.23. The van der Waals surface area contributed by atoms with E-state index in [9.17, 15) is 0 Å². The second-order valence-electron chi connectivity index (χ2n) is 4.99. The van der Waals surface area contributed by atoms with Crippen LogP contribution in [0.1, 0.15) is 17.0 Å². The number of rotatable bonds is 7. The van der Waals surface area contributed by atoms with Gasteiger partial charge >= 0.3 is 0 Å². The summed E-state index contributed by atoms with van der Waals surface area (Å²) in [5.41, 5.74) is 2.46. The fourth-order valence-corrected chi connectivity index (χ4v) is 2.23. The van der Waals surface area contributed by atoms with E-state index in [0.717, 1.165) is 31.9 Å². The number of benzene rings is 1. The fraction of sp³-hybridized carbons (Fsp3) is 0.250. The molecule has 0 saturated heterocycles. The quantitative estimate of drug-likeness (QED) is 0.651. The van der Waals surface area contributed by atoms with Crippen molar-refractivity contribution in [3.63, 3.8) is 0 Å². The minimum Gasteiger partial charge on any atom is -0.349 e. The number of hydrogen-bond acceptors (Lipinski definition) is 3. The van der Waals surface area contributed by atoms with Crippen molar-refractivity contribution < 1.29 is 0 Å². The Bertz CT molecular complexity index is 642. The summed E-state index contributed by atoms with van der Waals surface area (Å²) in [6.45, 7) is 2.54. The largest absolute Gasteiger partial charge is 0.349 e. The van der Waals surface area contributed by atoms with Crippen molar-refractivity contribution in [3.8, 4) is 0 Å². The third-order valence-electron chi connectivity index (χ3n) is 3.30. The topological polar surface area (TPSA) is 58.5 Å².